The van der Waals surface area contributed by atoms with Crippen molar-refractivity contribution >= 4 is 11.6 Å². The maximum absolute atomic E-state index is 12.1. The molecule has 0 aliphatic carbocycles. The maximum Gasteiger partial charge on any atom is 0.224 e. The van der Waals surface area contributed by atoms with Crippen molar-refractivity contribution in [3.05, 3.63) is 59.7 Å². The van der Waals surface area contributed by atoms with E-state index in [2.05, 4.69) is 41.4 Å². The first kappa shape index (κ1) is 20.4. The standard InChI is InChI=1S/C23H30N2O3/c1-2-19-7-11-22(12-8-19)28-15-3-4-23(26)24-21-9-5-20(6-10-21)18-25-13-16-27-17-14-25/h5-12H,2-4,13-18H2,1H3,(H,24,26). The van der Waals surface area contributed by atoms with Crippen LogP contribution in [-0.4, -0.2) is 43.7 Å². The van der Waals surface area contributed by atoms with E-state index in [-0.39, 0.29) is 5.91 Å². The number of hydrogen-bond acceptors (Lipinski definition) is 4. The molecule has 1 saturated heterocycles. The smallest absolute Gasteiger partial charge is 0.224 e. The van der Waals surface area contributed by atoms with E-state index in [1.165, 1.54) is 11.1 Å². The molecule has 0 bridgehead atoms. The quantitative estimate of drug-likeness (QED) is 0.669. The van der Waals surface area contributed by atoms with E-state index in [4.69, 9.17) is 9.47 Å². The predicted octanol–water partition coefficient (Wildman–Crippen LogP) is 3.88. The first-order chi connectivity index (χ1) is 13.7. The minimum Gasteiger partial charge on any atom is -0.494 e. The Morgan fingerprint density at radius 2 is 1.71 bits per heavy atom. The zero-order chi connectivity index (χ0) is 19.6. The third kappa shape index (κ3) is 6.66. The van der Waals surface area contributed by atoms with Gasteiger partial charge in [-0.3, -0.25) is 9.69 Å². The van der Waals surface area contributed by atoms with Crippen LogP contribution in [0.3, 0.4) is 0 Å². The van der Waals surface area contributed by atoms with Gasteiger partial charge in [-0.05, 0) is 48.2 Å². The number of carbonyl (C=O) groups excluding carboxylic acids is 1. The summed E-state index contributed by atoms with van der Waals surface area (Å²) < 4.78 is 11.1. The van der Waals surface area contributed by atoms with Crippen molar-refractivity contribution in [1.29, 1.82) is 0 Å². The fourth-order valence-electron chi connectivity index (χ4n) is 3.18. The van der Waals surface area contributed by atoms with Gasteiger partial charge in [-0.15, -0.1) is 0 Å². The van der Waals surface area contributed by atoms with Crippen molar-refractivity contribution in [1.82, 2.24) is 4.90 Å². The number of rotatable bonds is 9. The summed E-state index contributed by atoms with van der Waals surface area (Å²) in [6.07, 6.45) is 2.16. The average molecular weight is 383 g/mol. The number of morpholine rings is 1. The Balaban J connectivity index is 1.34. The first-order valence-corrected chi connectivity index (χ1v) is 10.1. The fraction of sp³-hybridized carbons (Fsp3) is 0.435. The van der Waals surface area contributed by atoms with Crippen molar-refractivity contribution in [2.75, 3.05) is 38.2 Å². The van der Waals surface area contributed by atoms with E-state index in [1.54, 1.807) is 0 Å². The highest BCUT2D eigenvalue weighted by atomic mass is 16.5. The molecule has 0 unspecified atom stereocenters. The van der Waals surface area contributed by atoms with Gasteiger partial charge in [0.05, 0.1) is 19.8 Å². The van der Waals surface area contributed by atoms with Gasteiger partial charge in [-0.2, -0.15) is 0 Å². The minimum absolute atomic E-state index is 0.0193. The molecule has 1 N–H and O–H groups in total. The number of carbonyl (C=O) groups is 1. The lowest BCUT2D eigenvalue weighted by Gasteiger charge is -2.26. The van der Waals surface area contributed by atoms with E-state index >= 15 is 0 Å². The van der Waals surface area contributed by atoms with Crippen LogP contribution in [0.1, 0.15) is 30.9 Å². The molecule has 0 atom stereocenters. The van der Waals surface area contributed by atoms with Crippen LogP contribution in [0, 0.1) is 0 Å². The molecule has 1 aliphatic heterocycles. The second-order valence-electron chi connectivity index (χ2n) is 7.08. The van der Waals surface area contributed by atoms with E-state index in [9.17, 15) is 4.79 Å². The number of nitrogens with zero attached hydrogens (tertiary/aromatic N) is 1. The van der Waals surface area contributed by atoms with Gasteiger partial charge in [0, 0.05) is 31.7 Å². The van der Waals surface area contributed by atoms with Gasteiger partial charge in [-0.1, -0.05) is 31.2 Å². The van der Waals surface area contributed by atoms with Crippen LogP contribution in [0.5, 0.6) is 5.75 Å². The van der Waals surface area contributed by atoms with E-state index < -0.39 is 0 Å². The third-order valence-corrected chi connectivity index (χ3v) is 4.90. The van der Waals surface area contributed by atoms with Crippen molar-refractivity contribution in [3.63, 3.8) is 0 Å². The van der Waals surface area contributed by atoms with Gasteiger partial charge in [0.1, 0.15) is 5.75 Å². The predicted molar refractivity (Wildman–Crippen MR) is 112 cm³/mol. The lowest BCUT2D eigenvalue weighted by molar-refractivity contribution is -0.116. The lowest BCUT2D eigenvalue weighted by atomic mass is 10.2. The SMILES string of the molecule is CCc1ccc(OCCCC(=O)Nc2ccc(CN3CCOCC3)cc2)cc1. The molecule has 0 saturated carbocycles. The Kier molecular flexibility index (Phi) is 7.88. The van der Waals surface area contributed by atoms with Crippen LogP contribution in [0.4, 0.5) is 5.69 Å². The molecule has 28 heavy (non-hydrogen) atoms. The second-order valence-corrected chi connectivity index (χ2v) is 7.08. The van der Waals surface area contributed by atoms with Crippen LogP contribution < -0.4 is 10.1 Å². The fourth-order valence-corrected chi connectivity index (χ4v) is 3.18. The number of benzene rings is 2. The van der Waals surface area contributed by atoms with Crippen LogP contribution in [0.25, 0.3) is 0 Å². The summed E-state index contributed by atoms with van der Waals surface area (Å²) in [7, 11) is 0. The molecular formula is C23H30N2O3. The van der Waals surface area contributed by atoms with Crippen molar-refractivity contribution in [2.45, 2.75) is 32.7 Å². The van der Waals surface area contributed by atoms with Gasteiger partial charge in [0.15, 0.2) is 0 Å². The Hall–Kier alpha value is -2.37. The highest BCUT2D eigenvalue weighted by molar-refractivity contribution is 5.90. The Bertz CT molecular complexity index is 723. The maximum atomic E-state index is 12.1. The molecule has 1 aliphatic rings. The summed E-state index contributed by atoms with van der Waals surface area (Å²) in [5.74, 6) is 0.874. The van der Waals surface area contributed by atoms with E-state index in [0.717, 1.165) is 50.7 Å². The average Bonchev–Trinajstić information content (AvgIpc) is 2.74. The van der Waals surface area contributed by atoms with Crippen LogP contribution in [0.15, 0.2) is 48.5 Å². The molecule has 1 fully saturated rings. The summed E-state index contributed by atoms with van der Waals surface area (Å²) in [5.41, 5.74) is 3.39. The number of hydrogen-bond donors (Lipinski definition) is 1. The van der Waals surface area contributed by atoms with Gasteiger partial charge in [0.25, 0.3) is 0 Å². The molecule has 5 heteroatoms. The molecule has 0 radical (unpaired) electrons. The zero-order valence-electron chi connectivity index (χ0n) is 16.7. The Morgan fingerprint density at radius 1 is 1.04 bits per heavy atom. The Morgan fingerprint density at radius 3 is 2.39 bits per heavy atom. The van der Waals surface area contributed by atoms with Gasteiger partial charge in [-0.25, -0.2) is 0 Å². The molecule has 2 aromatic rings. The summed E-state index contributed by atoms with van der Waals surface area (Å²) in [6.45, 7) is 7.16. The molecule has 1 amide bonds. The van der Waals surface area contributed by atoms with Crippen molar-refractivity contribution in [2.24, 2.45) is 0 Å². The zero-order valence-corrected chi connectivity index (χ0v) is 16.7. The third-order valence-electron chi connectivity index (χ3n) is 4.90. The van der Waals surface area contributed by atoms with Gasteiger partial charge >= 0.3 is 0 Å². The molecular weight excluding hydrogens is 352 g/mol. The number of aryl methyl sites for hydroxylation is 1. The molecule has 0 aromatic heterocycles. The second kappa shape index (κ2) is 10.8. The highest BCUT2D eigenvalue weighted by Crippen LogP contribution is 2.14. The molecule has 5 nitrogen and oxygen atoms in total. The van der Waals surface area contributed by atoms with Gasteiger partial charge in [0.2, 0.25) is 5.91 Å². The topological polar surface area (TPSA) is 50.8 Å². The van der Waals surface area contributed by atoms with E-state index in [1.807, 2.05) is 24.3 Å². The van der Waals surface area contributed by atoms with Gasteiger partial charge < -0.3 is 14.8 Å². The van der Waals surface area contributed by atoms with Crippen LogP contribution in [0.2, 0.25) is 0 Å². The number of ether oxygens (including phenoxy) is 2. The normalized spacial score (nSPS) is 14.6. The number of anilines is 1. The monoisotopic (exact) mass is 382 g/mol. The van der Waals surface area contributed by atoms with E-state index in [0.29, 0.717) is 19.4 Å². The van der Waals surface area contributed by atoms with Crippen LogP contribution >= 0.6 is 0 Å². The largest absolute Gasteiger partial charge is 0.494 e. The van der Waals surface area contributed by atoms with Crippen LogP contribution in [-0.2, 0) is 22.5 Å². The molecule has 3 rings (SSSR count). The highest BCUT2D eigenvalue weighted by Gasteiger charge is 2.10. The molecule has 150 valence electrons. The molecule has 1 heterocycles. The molecule has 0 spiro atoms. The molecule has 2 aromatic carbocycles. The Labute approximate surface area is 167 Å². The number of amides is 1. The first-order valence-electron chi connectivity index (χ1n) is 10.1. The van der Waals surface area contributed by atoms with Crippen molar-refractivity contribution in [3.8, 4) is 5.75 Å². The number of nitrogens with one attached hydrogen (secondary N) is 1. The lowest BCUT2D eigenvalue weighted by Crippen LogP contribution is -2.35. The summed E-state index contributed by atoms with van der Waals surface area (Å²) in [5, 5.41) is 2.96. The van der Waals surface area contributed by atoms with Crippen molar-refractivity contribution < 1.29 is 14.3 Å². The summed E-state index contributed by atoms with van der Waals surface area (Å²) in [6, 6.07) is 16.2. The summed E-state index contributed by atoms with van der Waals surface area (Å²) in [4.78, 5) is 14.5. The minimum atomic E-state index is 0.0193. The summed E-state index contributed by atoms with van der Waals surface area (Å²) >= 11 is 0.